The van der Waals surface area contributed by atoms with Gasteiger partial charge < -0.3 is 9.84 Å². The molecule has 0 saturated carbocycles. The average molecular weight is 363 g/mol. The standard InChI is InChI=1S/C17H15BrO2S/c1-2-20-11-7-8-13(15(18)9-11)17(19)14-10-21-16-6-4-3-5-12(14)16/h3-10,17,19H,2H2,1H3. The van der Waals surface area contributed by atoms with Crippen molar-refractivity contribution >= 4 is 37.4 Å². The minimum absolute atomic E-state index is 0.628. The highest BCUT2D eigenvalue weighted by Gasteiger charge is 2.17. The number of aliphatic hydroxyl groups is 1. The predicted molar refractivity (Wildman–Crippen MR) is 91.2 cm³/mol. The van der Waals surface area contributed by atoms with Gasteiger partial charge >= 0.3 is 0 Å². The summed E-state index contributed by atoms with van der Waals surface area (Å²) in [6.07, 6.45) is -0.647. The van der Waals surface area contributed by atoms with Gasteiger partial charge in [0.15, 0.2) is 0 Å². The van der Waals surface area contributed by atoms with Crippen molar-refractivity contribution in [3.63, 3.8) is 0 Å². The fourth-order valence-electron chi connectivity index (χ4n) is 2.36. The quantitative estimate of drug-likeness (QED) is 0.695. The Bertz CT molecular complexity index is 766. The summed E-state index contributed by atoms with van der Waals surface area (Å²) in [5.41, 5.74) is 1.79. The first-order valence-electron chi connectivity index (χ1n) is 6.77. The highest BCUT2D eigenvalue weighted by Crippen LogP contribution is 2.37. The van der Waals surface area contributed by atoms with Crippen molar-refractivity contribution in [2.45, 2.75) is 13.0 Å². The Morgan fingerprint density at radius 2 is 2.00 bits per heavy atom. The third-order valence-corrected chi connectivity index (χ3v) is 5.05. The van der Waals surface area contributed by atoms with Crippen molar-refractivity contribution in [3.8, 4) is 5.75 Å². The summed E-state index contributed by atoms with van der Waals surface area (Å²) < 4.78 is 7.52. The van der Waals surface area contributed by atoms with Crippen LogP contribution in [0, 0.1) is 0 Å². The van der Waals surface area contributed by atoms with E-state index in [2.05, 4.69) is 22.0 Å². The molecule has 108 valence electrons. The lowest BCUT2D eigenvalue weighted by atomic mass is 10.0. The summed E-state index contributed by atoms with van der Waals surface area (Å²) in [7, 11) is 0. The molecule has 0 aliphatic carbocycles. The van der Waals surface area contributed by atoms with E-state index in [1.165, 1.54) is 4.70 Å². The van der Waals surface area contributed by atoms with E-state index < -0.39 is 6.10 Å². The number of ether oxygens (including phenoxy) is 1. The first-order valence-corrected chi connectivity index (χ1v) is 8.44. The first kappa shape index (κ1) is 14.6. The van der Waals surface area contributed by atoms with Gasteiger partial charge in [-0.2, -0.15) is 0 Å². The van der Waals surface area contributed by atoms with Gasteiger partial charge in [0.2, 0.25) is 0 Å². The second kappa shape index (κ2) is 6.18. The van der Waals surface area contributed by atoms with Crippen LogP contribution in [-0.2, 0) is 0 Å². The molecule has 0 radical (unpaired) electrons. The maximum absolute atomic E-state index is 10.7. The third kappa shape index (κ3) is 2.84. The molecule has 0 bridgehead atoms. The van der Waals surface area contributed by atoms with Gasteiger partial charge in [0, 0.05) is 14.7 Å². The summed E-state index contributed by atoms with van der Waals surface area (Å²) in [6, 6.07) is 13.8. The van der Waals surface area contributed by atoms with E-state index in [4.69, 9.17) is 4.74 Å². The summed E-state index contributed by atoms with van der Waals surface area (Å²) in [5, 5.41) is 13.8. The van der Waals surface area contributed by atoms with Crippen molar-refractivity contribution in [2.75, 3.05) is 6.61 Å². The van der Waals surface area contributed by atoms with Crippen molar-refractivity contribution in [1.82, 2.24) is 0 Å². The van der Waals surface area contributed by atoms with E-state index in [9.17, 15) is 5.11 Å². The van der Waals surface area contributed by atoms with Crippen LogP contribution in [0.5, 0.6) is 5.75 Å². The van der Waals surface area contributed by atoms with E-state index >= 15 is 0 Å². The van der Waals surface area contributed by atoms with Crippen LogP contribution in [0.3, 0.4) is 0 Å². The molecule has 2 aromatic carbocycles. The normalized spacial score (nSPS) is 12.5. The molecule has 21 heavy (non-hydrogen) atoms. The Morgan fingerprint density at radius 1 is 1.19 bits per heavy atom. The molecule has 1 unspecified atom stereocenters. The minimum atomic E-state index is -0.647. The maximum Gasteiger partial charge on any atom is 0.120 e. The van der Waals surface area contributed by atoms with E-state index in [0.29, 0.717) is 6.61 Å². The van der Waals surface area contributed by atoms with E-state index in [0.717, 1.165) is 26.7 Å². The molecule has 0 saturated heterocycles. The Morgan fingerprint density at radius 3 is 2.76 bits per heavy atom. The lowest BCUT2D eigenvalue weighted by Gasteiger charge is -2.14. The van der Waals surface area contributed by atoms with Crippen LogP contribution in [-0.4, -0.2) is 11.7 Å². The van der Waals surface area contributed by atoms with Gasteiger partial charge in [-0.3, -0.25) is 0 Å². The van der Waals surface area contributed by atoms with Gasteiger partial charge in [0.05, 0.1) is 6.61 Å². The van der Waals surface area contributed by atoms with Crippen LogP contribution >= 0.6 is 27.3 Å². The van der Waals surface area contributed by atoms with Crippen LogP contribution in [0.25, 0.3) is 10.1 Å². The van der Waals surface area contributed by atoms with Gasteiger partial charge in [-0.15, -0.1) is 11.3 Å². The van der Waals surface area contributed by atoms with Crippen LogP contribution in [0.4, 0.5) is 0 Å². The molecular weight excluding hydrogens is 348 g/mol. The number of fused-ring (bicyclic) bond motifs is 1. The number of aliphatic hydroxyl groups excluding tert-OH is 1. The predicted octanol–water partition coefficient (Wildman–Crippen LogP) is 5.14. The zero-order chi connectivity index (χ0) is 14.8. The fourth-order valence-corrected chi connectivity index (χ4v) is 3.92. The van der Waals surface area contributed by atoms with Crippen LogP contribution in [0.1, 0.15) is 24.2 Å². The number of thiophene rings is 1. The molecule has 4 heteroatoms. The molecule has 0 fully saturated rings. The molecule has 0 aliphatic heterocycles. The van der Waals surface area contributed by atoms with Gasteiger partial charge in [-0.25, -0.2) is 0 Å². The molecule has 2 nitrogen and oxygen atoms in total. The SMILES string of the molecule is CCOc1ccc(C(O)c2csc3ccccc23)c(Br)c1. The zero-order valence-corrected chi connectivity index (χ0v) is 13.9. The number of hydrogen-bond donors (Lipinski definition) is 1. The zero-order valence-electron chi connectivity index (χ0n) is 11.5. The summed E-state index contributed by atoms with van der Waals surface area (Å²) >= 11 is 5.18. The second-order valence-corrected chi connectivity index (χ2v) is 6.47. The molecule has 0 spiro atoms. The van der Waals surface area contributed by atoms with Gasteiger partial charge in [0.25, 0.3) is 0 Å². The van der Waals surface area contributed by atoms with Gasteiger partial charge in [0.1, 0.15) is 11.9 Å². The summed E-state index contributed by atoms with van der Waals surface area (Å²) in [4.78, 5) is 0. The number of rotatable bonds is 4. The Balaban J connectivity index is 2.00. The van der Waals surface area contributed by atoms with Crippen molar-refractivity contribution in [1.29, 1.82) is 0 Å². The molecule has 1 aromatic heterocycles. The number of benzene rings is 2. The molecule has 3 rings (SSSR count). The molecule has 3 aromatic rings. The van der Waals surface area contributed by atoms with Crippen molar-refractivity contribution < 1.29 is 9.84 Å². The fraction of sp³-hybridized carbons (Fsp3) is 0.176. The summed E-state index contributed by atoms with van der Waals surface area (Å²) in [6.45, 7) is 2.58. The topological polar surface area (TPSA) is 29.5 Å². The molecular formula is C17H15BrO2S. The second-order valence-electron chi connectivity index (χ2n) is 4.71. The maximum atomic E-state index is 10.7. The minimum Gasteiger partial charge on any atom is -0.494 e. The molecule has 1 atom stereocenters. The molecule has 0 amide bonds. The lowest BCUT2D eigenvalue weighted by Crippen LogP contribution is -2.00. The smallest absolute Gasteiger partial charge is 0.120 e. The van der Waals surface area contributed by atoms with E-state index in [-0.39, 0.29) is 0 Å². The largest absolute Gasteiger partial charge is 0.494 e. The van der Waals surface area contributed by atoms with Crippen molar-refractivity contribution in [3.05, 3.63) is 63.4 Å². The van der Waals surface area contributed by atoms with Gasteiger partial charge in [-0.05, 0) is 41.5 Å². The van der Waals surface area contributed by atoms with Crippen LogP contribution in [0.2, 0.25) is 0 Å². The molecule has 1 heterocycles. The van der Waals surface area contributed by atoms with E-state index in [1.54, 1.807) is 11.3 Å². The third-order valence-electron chi connectivity index (χ3n) is 3.38. The lowest BCUT2D eigenvalue weighted by molar-refractivity contribution is 0.221. The Kier molecular flexibility index (Phi) is 4.29. The highest BCUT2D eigenvalue weighted by atomic mass is 79.9. The van der Waals surface area contributed by atoms with Crippen LogP contribution < -0.4 is 4.74 Å². The first-order chi connectivity index (χ1) is 10.2. The summed E-state index contributed by atoms with van der Waals surface area (Å²) in [5.74, 6) is 0.801. The number of hydrogen-bond acceptors (Lipinski definition) is 3. The van der Waals surface area contributed by atoms with Gasteiger partial charge in [-0.1, -0.05) is 40.2 Å². The monoisotopic (exact) mass is 362 g/mol. The van der Waals surface area contributed by atoms with Crippen LogP contribution in [0.15, 0.2) is 52.3 Å². The Labute approximate surface area is 136 Å². The Hall–Kier alpha value is -1.36. The van der Waals surface area contributed by atoms with E-state index in [1.807, 2.05) is 48.7 Å². The molecule has 0 aliphatic rings. The number of halogens is 1. The van der Waals surface area contributed by atoms with Crippen molar-refractivity contribution in [2.24, 2.45) is 0 Å². The average Bonchev–Trinajstić information content (AvgIpc) is 2.91. The highest BCUT2D eigenvalue weighted by molar-refractivity contribution is 9.10. The molecule has 1 N–H and O–H groups in total.